The van der Waals surface area contributed by atoms with E-state index in [0.29, 0.717) is 33.4 Å². The lowest BCUT2D eigenvalue weighted by atomic mass is 9.67. The van der Waals surface area contributed by atoms with E-state index in [9.17, 15) is 55.3 Å². The molecule has 0 N–H and O–H groups in total. The Morgan fingerprint density at radius 2 is 0.742 bits per heavy atom. The van der Waals surface area contributed by atoms with Crippen molar-refractivity contribution in [3.63, 3.8) is 0 Å². The molecule has 0 unspecified atom stereocenters. The molecule has 0 atom stereocenters. The van der Waals surface area contributed by atoms with Gasteiger partial charge in [0.05, 0.1) is 30.4 Å². The summed E-state index contributed by atoms with van der Waals surface area (Å²) in [5, 5.41) is 0. The smallest absolute Gasteiger partial charge is 0.383 e. The molecule has 0 saturated carbocycles. The molecule has 24 heteroatoms. The summed E-state index contributed by atoms with van der Waals surface area (Å²) in [6.45, 7) is 0. The second kappa shape index (κ2) is 16.9. The molecule has 0 amide bonds. The van der Waals surface area contributed by atoms with E-state index in [2.05, 4.69) is 0 Å². The van der Waals surface area contributed by atoms with Crippen molar-refractivity contribution < 1.29 is 75.6 Å². The fraction of sp³-hybridized carbons (Fsp3) is 0.143. The van der Waals surface area contributed by atoms with E-state index < -0.39 is 71.8 Å². The zero-order valence-electron chi connectivity index (χ0n) is 34.5. The molecule has 0 fully saturated rings. The van der Waals surface area contributed by atoms with Crippen LogP contribution in [0, 0.1) is 0 Å². The lowest BCUT2D eigenvalue weighted by Gasteiger charge is -2.41. The summed E-state index contributed by atoms with van der Waals surface area (Å²) >= 11 is 0. The third kappa shape index (κ3) is 9.89. The first-order chi connectivity index (χ1) is 30.5. The molecule has 0 aromatic heterocycles. The highest BCUT2D eigenvalue weighted by Gasteiger charge is 2.54. The van der Waals surface area contributed by atoms with Crippen LogP contribution >= 0.6 is 10.3 Å². The fourth-order valence-electron chi connectivity index (χ4n) is 7.52. The molecule has 1 aliphatic carbocycles. The molecule has 7 rings (SSSR count). The standard InChI is InChI=1S/C42H35F3O15S6/c1-61(46,47)56-30-13-9-28(10-14-30)41(29-11-15-31(16-12-29)57-62(2,48)49)39-8-6-5-7-37(39)38-26-25-36(27-40(38)41)65(60-66(54,55)42(43,44)45,34-21-17-32(18-22-34)58-63(3,50)51)35-23-19-33(20-24-35)59-64(4,52)53/h5-27H,1-4H3. The van der Waals surface area contributed by atoms with Crippen LogP contribution in [0.2, 0.25) is 0 Å². The molecule has 0 radical (unpaired) electrons. The van der Waals surface area contributed by atoms with Crippen molar-refractivity contribution in [3.8, 4) is 34.1 Å². The molecule has 0 bridgehead atoms. The summed E-state index contributed by atoms with van der Waals surface area (Å²) in [4.78, 5) is -0.661. The molecule has 1 aliphatic rings. The van der Waals surface area contributed by atoms with Crippen molar-refractivity contribution >= 4 is 60.9 Å². The Kier molecular flexibility index (Phi) is 12.4. The van der Waals surface area contributed by atoms with Gasteiger partial charge in [0.1, 0.15) is 23.0 Å². The quantitative estimate of drug-likeness (QED) is 0.0719. The number of fused-ring (bicyclic) bond motifs is 3. The highest BCUT2D eigenvalue weighted by molar-refractivity contribution is 8.33. The van der Waals surface area contributed by atoms with Crippen LogP contribution in [0.25, 0.3) is 11.1 Å². The molecule has 6 aromatic carbocycles. The first-order valence-corrected chi connectivity index (χ1v) is 28.8. The van der Waals surface area contributed by atoms with Crippen LogP contribution in [0.1, 0.15) is 22.3 Å². The van der Waals surface area contributed by atoms with E-state index in [-0.39, 0.29) is 37.7 Å². The van der Waals surface area contributed by atoms with Crippen molar-refractivity contribution in [2.24, 2.45) is 0 Å². The number of hydrogen-bond donors (Lipinski definition) is 0. The van der Waals surface area contributed by atoms with E-state index in [4.69, 9.17) is 20.4 Å². The maximum atomic E-state index is 14.7. The maximum Gasteiger partial charge on any atom is 0.524 e. The van der Waals surface area contributed by atoms with Crippen molar-refractivity contribution in [3.05, 3.63) is 162 Å². The predicted octanol–water partition coefficient (Wildman–Crippen LogP) is 7.47. The van der Waals surface area contributed by atoms with E-state index in [1.54, 1.807) is 54.6 Å². The van der Waals surface area contributed by atoms with Crippen molar-refractivity contribution in [1.29, 1.82) is 0 Å². The monoisotopic (exact) mass is 1030 g/mol. The zero-order valence-corrected chi connectivity index (χ0v) is 39.4. The highest BCUT2D eigenvalue weighted by atomic mass is 32.3. The van der Waals surface area contributed by atoms with Crippen LogP contribution in [-0.4, -0.2) is 72.6 Å². The normalized spacial score (nSPS) is 14.4. The third-order valence-corrected chi connectivity index (χ3v) is 16.6. The van der Waals surface area contributed by atoms with Crippen LogP contribution in [0.4, 0.5) is 13.2 Å². The largest absolute Gasteiger partial charge is 0.524 e. The molecule has 15 nitrogen and oxygen atoms in total. The molecule has 0 heterocycles. The Bertz CT molecular complexity index is 3260. The molecule has 66 heavy (non-hydrogen) atoms. The van der Waals surface area contributed by atoms with Crippen LogP contribution in [0.15, 0.2) is 154 Å². The summed E-state index contributed by atoms with van der Waals surface area (Å²) < 4.78 is 193. The van der Waals surface area contributed by atoms with Gasteiger partial charge in [0.25, 0.3) is 0 Å². The predicted molar refractivity (Wildman–Crippen MR) is 237 cm³/mol. The summed E-state index contributed by atoms with van der Waals surface area (Å²) in [7, 11) is -27.1. The second-order valence-electron chi connectivity index (χ2n) is 14.7. The first-order valence-electron chi connectivity index (χ1n) is 18.6. The van der Waals surface area contributed by atoms with Gasteiger partial charge in [0.2, 0.25) is 0 Å². The molecule has 0 aliphatic heterocycles. The van der Waals surface area contributed by atoms with Crippen LogP contribution in [0.3, 0.4) is 0 Å². The van der Waals surface area contributed by atoms with E-state index in [1.165, 1.54) is 36.4 Å². The fourth-order valence-corrected chi connectivity index (χ4v) is 14.1. The van der Waals surface area contributed by atoms with Gasteiger partial charge >= 0.3 is 56.1 Å². The van der Waals surface area contributed by atoms with Gasteiger partial charge in [-0.25, -0.2) is 0 Å². The van der Waals surface area contributed by atoms with Gasteiger partial charge in [0.15, 0.2) is 0 Å². The molecular weight excluding hydrogens is 994 g/mol. The van der Waals surface area contributed by atoms with Crippen LogP contribution in [0.5, 0.6) is 23.0 Å². The summed E-state index contributed by atoms with van der Waals surface area (Å²) in [5.41, 5.74) is -4.73. The minimum absolute atomic E-state index is 0.0747. The average molecular weight is 1030 g/mol. The summed E-state index contributed by atoms with van der Waals surface area (Å²) in [6, 6.07) is 31.8. The molecular formula is C42H35F3O15S6. The minimum atomic E-state index is -6.56. The van der Waals surface area contributed by atoms with E-state index >= 15 is 0 Å². The van der Waals surface area contributed by atoms with Gasteiger partial charge in [-0.1, -0.05) is 54.6 Å². The Labute approximate surface area is 380 Å². The van der Waals surface area contributed by atoms with Gasteiger partial charge in [-0.15, -0.1) is 0 Å². The second-order valence-corrected chi connectivity index (χ2v) is 25.4. The Morgan fingerprint density at radius 1 is 0.409 bits per heavy atom. The number of alkyl halides is 3. The molecule has 350 valence electrons. The highest BCUT2D eigenvalue weighted by Crippen LogP contribution is 2.72. The minimum Gasteiger partial charge on any atom is -0.383 e. The number of halogens is 3. The van der Waals surface area contributed by atoms with E-state index in [0.717, 1.165) is 73.6 Å². The van der Waals surface area contributed by atoms with Crippen LogP contribution in [-0.2, 0) is 59.6 Å². The number of hydrogen-bond acceptors (Lipinski definition) is 15. The summed E-state index contributed by atoms with van der Waals surface area (Å²) in [5.74, 6) is -0.732. The Hall–Kier alpha value is -5.63. The topological polar surface area (TPSA) is 217 Å². The lowest BCUT2D eigenvalue weighted by Crippen LogP contribution is -2.29. The van der Waals surface area contributed by atoms with Gasteiger partial charge in [0, 0.05) is 14.7 Å². The Morgan fingerprint density at radius 3 is 1.11 bits per heavy atom. The number of benzene rings is 6. The van der Waals surface area contributed by atoms with Crippen molar-refractivity contribution in [2.75, 3.05) is 25.0 Å². The Balaban J connectivity index is 1.60. The summed E-state index contributed by atoms with van der Waals surface area (Å²) in [6.07, 6.45) is 3.20. The van der Waals surface area contributed by atoms with Crippen molar-refractivity contribution in [1.82, 2.24) is 0 Å². The lowest BCUT2D eigenvalue weighted by molar-refractivity contribution is -0.0496. The zero-order chi connectivity index (χ0) is 48.3. The average Bonchev–Trinajstić information content (AvgIpc) is 3.49. The SMILES string of the molecule is CS(=O)(=O)Oc1ccc(C2(c3ccc(OS(C)(=O)=O)cc3)c3ccccc3-c3ccc(S(OS(=O)(=O)C(F)(F)F)(c4ccc(OS(C)(=O)=O)cc4)c4ccc(OS(C)(=O)=O)cc4)cc32)cc1. The van der Waals surface area contributed by atoms with Gasteiger partial charge in [-0.05, 0) is 129 Å². The molecule has 0 saturated heterocycles. The van der Waals surface area contributed by atoms with Crippen molar-refractivity contribution in [2.45, 2.75) is 25.6 Å². The number of rotatable bonds is 15. The third-order valence-electron chi connectivity index (χ3n) is 9.70. The van der Waals surface area contributed by atoms with Gasteiger partial charge < -0.3 is 16.7 Å². The maximum absolute atomic E-state index is 14.7. The molecule has 0 spiro atoms. The first kappa shape index (κ1) is 48.3. The van der Waals surface area contributed by atoms with Gasteiger partial charge in [-0.3, -0.25) is 0 Å². The van der Waals surface area contributed by atoms with Crippen LogP contribution < -0.4 is 16.7 Å². The molecule has 6 aromatic rings. The van der Waals surface area contributed by atoms with E-state index in [1.807, 2.05) is 0 Å². The van der Waals surface area contributed by atoms with Gasteiger partial charge in [-0.2, -0.15) is 58.9 Å².